The number of β-amino-alcohol motifs (C(OH)–C–C–N with tert-alkyl or cyclic N) is 1. The summed E-state index contributed by atoms with van der Waals surface area (Å²) in [5.41, 5.74) is 0. The van der Waals surface area contributed by atoms with Crippen LogP contribution in [0.15, 0.2) is 28.7 Å². The molecule has 1 heterocycles. The van der Waals surface area contributed by atoms with Crippen LogP contribution in [0.5, 0.6) is 5.75 Å². The minimum atomic E-state index is -0.234. The van der Waals surface area contributed by atoms with Gasteiger partial charge in [-0.2, -0.15) is 0 Å². The molecule has 1 atom stereocenters. The summed E-state index contributed by atoms with van der Waals surface area (Å²) < 4.78 is 6.81. The average Bonchev–Trinajstić information content (AvgIpc) is 2.42. The molecule has 0 saturated carbocycles. The lowest BCUT2D eigenvalue weighted by molar-refractivity contribution is 0.0750. The molecule has 0 spiro atoms. The number of piperazine rings is 1. The number of rotatable bonds is 6. The second-order valence-corrected chi connectivity index (χ2v) is 6.21. The normalized spacial score (nSPS) is 18.9. The quantitative estimate of drug-likeness (QED) is 0.855. The van der Waals surface area contributed by atoms with Crippen LogP contribution in [0.1, 0.15) is 6.92 Å². The SMILES string of the molecule is C[C@@H](O)CN1CCN(CCOc2ccc(Br)cc2)CC1. The molecule has 4 nitrogen and oxygen atoms in total. The second-order valence-electron chi connectivity index (χ2n) is 5.29. The molecule has 1 aromatic carbocycles. The fourth-order valence-corrected chi connectivity index (χ4v) is 2.66. The number of hydrogen-bond acceptors (Lipinski definition) is 4. The molecule has 1 aliphatic heterocycles. The molecular formula is C15H23BrN2O2. The van der Waals surface area contributed by atoms with Crippen molar-refractivity contribution in [3.05, 3.63) is 28.7 Å². The van der Waals surface area contributed by atoms with E-state index < -0.39 is 0 Å². The molecule has 0 aliphatic carbocycles. The Bertz CT molecular complexity index is 389. The molecule has 2 rings (SSSR count). The summed E-state index contributed by atoms with van der Waals surface area (Å²) in [5.74, 6) is 0.918. The van der Waals surface area contributed by atoms with Crippen LogP contribution in [-0.2, 0) is 0 Å². The van der Waals surface area contributed by atoms with E-state index in [0.717, 1.165) is 56.1 Å². The Kier molecular flexibility index (Phi) is 6.29. The summed E-state index contributed by atoms with van der Waals surface area (Å²) in [7, 11) is 0. The van der Waals surface area contributed by atoms with Crippen molar-refractivity contribution in [2.75, 3.05) is 45.9 Å². The Morgan fingerprint density at radius 3 is 2.35 bits per heavy atom. The third kappa shape index (κ3) is 5.40. The van der Waals surface area contributed by atoms with E-state index in [1.807, 2.05) is 31.2 Å². The van der Waals surface area contributed by atoms with E-state index in [4.69, 9.17) is 4.74 Å². The van der Waals surface area contributed by atoms with Gasteiger partial charge in [-0.05, 0) is 31.2 Å². The molecule has 0 aromatic heterocycles. The molecule has 0 unspecified atom stereocenters. The number of ether oxygens (including phenoxy) is 1. The van der Waals surface area contributed by atoms with Crippen LogP contribution < -0.4 is 4.74 Å². The molecule has 1 aliphatic rings. The van der Waals surface area contributed by atoms with E-state index in [1.165, 1.54) is 0 Å². The van der Waals surface area contributed by atoms with Crippen LogP contribution in [0.4, 0.5) is 0 Å². The first-order valence-corrected chi connectivity index (χ1v) is 7.94. The maximum atomic E-state index is 9.38. The molecule has 112 valence electrons. The minimum absolute atomic E-state index is 0.234. The molecular weight excluding hydrogens is 320 g/mol. The summed E-state index contributed by atoms with van der Waals surface area (Å²) in [6.07, 6.45) is -0.234. The summed E-state index contributed by atoms with van der Waals surface area (Å²) in [4.78, 5) is 4.73. The predicted octanol–water partition coefficient (Wildman–Crippen LogP) is 1.83. The standard InChI is InChI=1S/C15H23BrN2O2/c1-13(19)12-18-8-6-17(7-9-18)10-11-20-15-4-2-14(16)3-5-15/h2-5,13,19H,6-12H2,1H3/t13-/m1/s1. The molecule has 1 aromatic rings. The number of benzene rings is 1. The Labute approximate surface area is 129 Å². The summed E-state index contributed by atoms with van der Waals surface area (Å²) >= 11 is 3.41. The zero-order valence-corrected chi connectivity index (χ0v) is 13.6. The van der Waals surface area contributed by atoms with E-state index in [2.05, 4.69) is 25.7 Å². The van der Waals surface area contributed by atoms with Gasteiger partial charge in [0.1, 0.15) is 12.4 Å². The van der Waals surface area contributed by atoms with E-state index in [-0.39, 0.29) is 6.10 Å². The number of nitrogens with zero attached hydrogens (tertiary/aromatic N) is 2. The monoisotopic (exact) mass is 342 g/mol. The predicted molar refractivity (Wildman–Crippen MR) is 84.2 cm³/mol. The van der Waals surface area contributed by atoms with E-state index in [1.54, 1.807) is 0 Å². The fraction of sp³-hybridized carbons (Fsp3) is 0.600. The summed E-state index contributed by atoms with van der Waals surface area (Å²) in [6, 6.07) is 7.93. The van der Waals surface area contributed by atoms with Crippen molar-refractivity contribution in [3.63, 3.8) is 0 Å². The van der Waals surface area contributed by atoms with Gasteiger partial charge in [0.05, 0.1) is 6.10 Å². The number of hydrogen-bond donors (Lipinski definition) is 1. The largest absolute Gasteiger partial charge is 0.492 e. The van der Waals surface area contributed by atoms with E-state index in [0.29, 0.717) is 0 Å². The lowest BCUT2D eigenvalue weighted by atomic mass is 10.3. The van der Waals surface area contributed by atoms with Crippen molar-refractivity contribution in [3.8, 4) is 5.75 Å². The smallest absolute Gasteiger partial charge is 0.119 e. The molecule has 0 radical (unpaired) electrons. The van der Waals surface area contributed by atoms with Gasteiger partial charge in [-0.1, -0.05) is 15.9 Å². The molecule has 1 fully saturated rings. The first-order chi connectivity index (χ1) is 9.63. The zero-order chi connectivity index (χ0) is 14.4. The maximum absolute atomic E-state index is 9.38. The Hall–Kier alpha value is -0.620. The van der Waals surface area contributed by atoms with Crippen LogP contribution in [0, 0.1) is 0 Å². The van der Waals surface area contributed by atoms with Crippen LogP contribution >= 0.6 is 15.9 Å². The van der Waals surface area contributed by atoms with Gasteiger partial charge in [0.15, 0.2) is 0 Å². The molecule has 5 heteroatoms. The lowest BCUT2D eigenvalue weighted by Gasteiger charge is -2.35. The first-order valence-electron chi connectivity index (χ1n) is 7.14. The number of aliphatic hydroxyl groups is 1. The molecule has 0 amide bonds. The third-order valence-corrected chi connectivity index (χ3v) is 4.01. The van der Waals surface area contributed by atoms with Gasteiger partial charge in [0, 0.05) is 43.7 Å². The zero-order valence-electron chi connectivity index (χ0n) is 12.0. The van der Waals surface area contributed by atoms with E-state index >= 15 is 0 Å². The van der Waals surface area contributed by atoms with Gasteiger partial charge >= 0.3 is 0 Å². The highest BCUT2D eigenvalue weighted by molar-refractivity contribution is 9.10. The van der Waals surface area contributed by atoms with Crippen molar-refractivity contribution in [2.45, 2.75) is 13.0 Å². The van der Waals surface area contributed by atoms with Crippen molar-refractivity contribution < 1.29 is 9.84 Å². The van der Waals surface area contributed by atoms with Gasteiger partial charge in [0.25, 0.3) is 0 Å². The van der Waals surface area contributed by atoms with Crippen molar-refractivity contribution in [2.24, 2.45) is 0 Å². The average molecular weight is 343 g/mol. The molecule has 1 N–H and O–H groups in total. The topological polar surface area (TPSA) is 35.9 Å². The van der Waals surface area contributed by atoms with Crippen LogP contribution in [0.3, 0.4) is 0 Å². The Morgan fingerprint density at radius 1 is 1.15 bits per heavy atom. The van der Waals surface area contributed by atoms with Crippen LogP contribution in [-0.4, -0.2) is 66.9 Å². The van der Waals surface area contributed by atoms with E-state index in [9.17, 15) is 5.11 Å². The number of halogens is 1. The van der Waals surface area contributed by atoms with Crippen molar-refractivity contribution in [1.82, 2.24) is 9.80 Å². The highest BCUT2D eigenvalue weighted by atomic mass is 79.9. The fourth-order valence-electron chi connectivity index (χ4n) is 2.39. The molecule has 0 bridgehead atoms. The van der Waals surface area contributed by atoms with Gasteiger partial charge in [-0.25, -0.2) is 0 Å². The third-order valence-electron chi connectivity index (χ3n) is 3.48. The van der Waals surface area contributed by atoms with Gasteiger partial charge in [-0.15, -0.1) is 0 Å². The van der Waals surface area contributed by atoms with Crippen molar-refractivity contribution >= 4 is 15.9 Å². The van der Waals surface area contributed by atoms with Crippen LogP contribution in [0.25, 0.3) is 0 Å². The van der Waals surface area contributed by atoms with Crippen molar-refractivity contribution in [1.29, 1.82) is 0 Å². The van der Waals surface area contributed by atoms with Gasteiger partial charge in [-0.3, -0.25) is 9.80 Å². The van der Waals surface area contributed by atoms with Crippen LogP contribution in [0.2, 0.25) is 0 Å². The number of aliphatic hydroxyl groups excluding tert-OH is 1. The Morgan fingerprint density at radius 2 is 1.75 bits per heavy atom. The van der Waals surface area contributed by atoms with Gasteiger partial charge < -0.3 is 9.84 Å². The Balaban J connectivity index is 1.62. The highest BCUT2D eigenvalue weighted by Gasteiger charge is 2.17. The summed E-state index contributed by atoms with van der Waals surface area (Å²) in [5, 5.41) is 9.38. The minimum Gasteiger partial charge on any atom is -0.492 e. The lowest BCUT2D eigenvalue weighted by Crippen LogP contribution is -2.49. The molecule has 1 saturated heterocycles. The maximum Gasteiger partial charge on any atom is 0.119 e. The van der Waals surface area contributed by atoms with Gasteiger partial charge in [0.2, 0.25) is 0 Å². The highest BCUT2D eigenvalue weighted by Crippen LogP contribution is 2.16. The first kappa shape index (κ1) is 15.8. The molecule has 20 heavy (non-hydrogen) atoms. The summed E-state index contributed by atoms with van der Waals surface area (Å²) in [6.45, 7) is 8.47. The second kappa shape index (κ2) is 7.98.